The van der Waals surface area contributed by atoms with Crippen LogP contribution in [0.3, 0.4) is 0 Å². The molecule has 4 nitrogen and oxygen atoms in total. The quantitative estimate of drug-likeness (QED) is 0.923. The minimum atomic E-state index is 0.00197. The van der Waals surface area contributed by atoms with Gasteiger partial charge in [0.15, 0.2) is 0 Å². The molecule has 2 rings (SSSR count). The normalized spacial score (nSPS) is 12.6. The number of hydrogen-bond donors (Lipinski definition) is 1. The van der Waals surface area contributed by atoms with Crippen molar-refractivity contribution in [3.05, 3.63) is 46.7 Å². The molecule has 1 atom stereocenters. The fourth-order valence-corrected chi connectivity index (χ4v) is 2.49. The maximum absolute atomic E-state index is 4.46. The van der Waals surface area contributed by atoms with E-state index < -0.39 is 0 Å². The van der Waals surface area contributed by atoms with E-state index in [2.05, 4.69) is 42.7 Å². The molecule has 1 unspecified atom stereocenters. The third-order valence-electron chi connectivity index (χ3n) is 2.82. The maximum atomic E-state index is 4.46. The second-order valence-corrected chi connectivity index (χ2v) is 4.93. The van der Waals surface area contributed by atoms with Gasteiger partial charge in [0.05, 0.1) is 5.69 Å². The Kier molecular flexibility index (Phi) is 4.49. The Morgan fingerprint density at radius 2 is 2.22 bits per heavy atom. The van der Waals surface area contributed by atoms with Gasteiger partial charge in [-0.3, -0.25) is 4.98 Å². The van der Waals surface area contributed by atoms with E-state index in [9.17, 15) is 0 Å². The molecule has 0 aliphatic carbocycles. The van der Waals surface area contributed by atoms with Gasteiger partial charge in [-0.15, -0.1) is 0 Å². The van der Waals surface area contributed by atoms with E-state index in [0.29, 0.717) is 0 Å². The van der Waals surface area contributed by atoms with Crippen LogP contribution in [0.4, 0.5) is 0 Å². The Morgan fingerprint density at radius 1 is 1.39 bits per heavy atom. The fourth-order valence-electron chi connectivity index (χ4n) is 2.01. The van der Waals surface area contributed by atoms with Crippen molar-refractivity contribution in [3.8, 4) is 0 Å². The highest BCUT2D eigenvalue weighted by Gasteiger charge is 2.20. The molecular formula is C13H17BrN4. The molecule has 2 aromatic heterocycles. The van der Waals surface area contributed by atoms with Crippen molar-refractivity contribution in [2.75, 3.05) is 7.05 Å². The van der Waals surface area contributed by atoms with Crippen LogP contribution in [0.2, 0.25) is 0 Å². The van der Waals surface area contributed by atoms with Crippen molar-refractivity contribution in [2.24, 2.45) is 0 Å². The summed E-state index contributed by atoms with van der Waals surface area (Å²) < 4.78 is 3.16. The second kappa shape index (κ2) is 6.11. The summed E-state index contributed by atoms with van der Waals surface area (Å²) in [5.41, 5.74) is 0.962. The number of rotatable bonds is 5. The number of imidazole rings is 1. The Morgan fingerprint density at radius 3 is 2.89 bits per heavy atom. The second-order valence-electron chi connectivity index (χ2n) is 4.07. The average Bonchev–Trinajstić information content (AvgIpc) is 2.82. The maximum Gasteiger partial charge on any atom is 0.132 e. The third-order valence-corrected chi connectivity index (χ3v) is 3.49. The number of nitrogens with zero attached hydrogens (tertiary/aromatic N) is 3. The predicted molar refractivity (Wildman–Crippen MR) is 75.4 cm³/mol. The highest BCUT2D eigenvalue weighted by molar-refractivity contribution is 9.10. The van der Waals surface area contributed by atoms with Gasteiger partial charge in [0.1, 0.15) is 11.9 Å². The first-order valence-electron chi connectivity index (χ1n) is 6.06. The minimum Gasteiger partial charge on any atom is -0.333 e. The number of aromatic nitrogens is 3. The lowest BCUT2D eigenvalue weighted by Crippen LogP contribution is -2.23. The van der Waals surface area contributed by atoms with Crippen molar-refractivity contribution >= 4 is 15.9 Å². The molecule has 0 aromatic carbocycles. The van der Waals surface area contributed by atoms with Gasteiger partial charge < -0.3 is 9.88 Å². The molecule has 18 heavy (non-hydrogen) atoms. The van der Waals surface area contributed by atoms with E-state index in [-0.39, 0.29) is 6.04 Å². The Hall–Kier alpha value is -1.20. The van der Waals surface area contributed by atoms with Gasteiger partial charge in [0.2, 0.25) is 0 Å². The third kappa shape index (κ3) is 2.62. The first kappa shape index (κ1) is 13.2. The molecule has 0 fully saturated rings. The van der Waals surface area contributed by atoms with Crippen LogP contribution in [0.5, 0.6) is 0 Å². The van der Waals surface area contributed by atoms with E-state index >= 15 is 0 Å². The summed E-state index contributed by atoms with van der Waals surface area (Å²) in [5, 5.41) is 3.28. The zero-order chi connectivity index (χ0) is 13.0. The molecule has 0 aliphatic rings. The summed E-state index contributed by atoms with van der Waals surface area (Å²) in [7, 11) is 1.93. The van der Waals surface area contributed by atoms with Crippen LogP contribution in [0.1, 0.15) is 30.9 Å². The van der Waals surface area contributed by atoms with Gasteiger partial charge >= 0.3 is 0 Å². The molecule has 96 valence electrons. The van der Waals surface area contributed by atoms with Crippen LogP contribution in [0, 0.1) is 0 Å². The Balaban J connectivity index is 2.39. The smallest absolute Gasteiger partial charge is 0.132 e. The number of halogens is 1. The van der Waals surface area contributed by atoms with Crippen molar-refractivity contribution in [1.29, 1.82) is 0 Å². The van der Waals surface area contributed by atoms with E-state index in [1.165, 1.54) is 0 Å². The van der Waals surface area contributed by atoms with E-state index in [0.717, 1.165) is 29.0 Å². The van der Waals surface area contributed by atoms with Crippen molar-refractivity contribution in [1.82, 2.24) is 19.9 Å². The standard InChI is InChI=1S/C13H17BrN4/c1-3-8-18-9-7-17-13(18)12(15-2)11-10(14)5-4-6-16-11/h4-7,9,12,15H,3,8H2,1-2H3. The molecule has 0 spiro atoms. The Bertz CT molecular complexity index is 509. The molecule has 0 radical (unpaired) electrons. The summed E-state index contributed by atoms with van der Waals surface area (Å²) in [6.45, 7) is 3.13. The lowest BCUT2D eigenvalue weighted by atomic mass is 10.1. The van der Waals surface area contributed by atoms with Crippen LogP contribution >= 0.6 is 15.9 Å². The highest BCUT2D eigenvalue weighted by Crippen LogP contribution is 2.25. The van der Waals surface area contributed by atoms with Crippen LogP contribution in [-0.4, -0.2) is 21.6 Å². The van der Waals surface area contributed by atoms with E-state index in [1.807, 2.05) is 31.6 Å². The number of nitrogens with one attached hydrogen (secondary N) is 1. The predicted octanol–water partition coefficient (Wildman–Crippen LogP) is 2.76. The molecular weight excluding hydrogens is 292 g/mol. The number of aryl methyl sites for hydroxylation is 1. The molecule has 0 saturated carbocycles. The lowest BCUT2D eigenvalue weighted by Gasteiger charge is -2.18. The zero-order valence-corrected chi connectivity index (χ0v) is 12.2. The van der Waals surface area contributed by atoms with Crippen LogP contribution < -0.4 is 5.32 Å². The lowest BCUT2D eigenvalue weighted by molar-refractivity contribution is 0.558. The van der Waals surface area contributed by atoms with Crippen molar-refractivity contribution in [2.45, 2.75) is 25.9 Å². The summed E-state index contributed by atoms with van der Waals surface area (Å²) in [6, 6.07) is 3.92. The number of hydrogen-bond acceptors (Lipinski definition) is 3. The molecule has 1 N–H and O–H groups in total. The van der Waals surface area contributed by atoms with Crippen LogP contribution in [-0.2, 0) is 6.54 Å². The highest BCUT2D eigenvalue weighted by atomic mass is 79.9. The summed E-state index contributed by atoms with van der Waals surface area (Å²) in [4.78, 5) is 8.91. The largest absolute Gasteiger partial charge is 0.333 e. The molecule has 0 bridgehead atoms. The molecule has 0 aliphatic heterocycles. The van der Waals surface area contributed by atoms with E-state index in [1.54, 1.807) is 6.20 Å². The molecule has 2 heterocycles. The van der Waals surface area contributed by atoms with E-state index in [4.69, 9.17) is 0 Å². The first-order chi connectivity index (χ1) is 8.77. The van der Waals surface area contributed by atoms with Crippen molar-refractivity contribution in [3.63, 3.8) is 0 Å². The molecule has 0 saturated heterocycles. The van der Waals surface area contributed by atoms with Gasteiger partial charge in [0, 0.05) is 29.6 Å². The minimum absolute atomic E-state index is 0.00197. The summed E-state index contributed by atoms with van der Waals surface area (Å²) in [6.07, 6.45) is 6.74. The molecule has 2 aromatic rings. The van der Waals surface area contributed by atoms with Gasteiger partial charge in [-0.2, -0.15) is 0 Å². The molecule has 0 amide bonds. The van der Waals surface area contributed by atoms with Gasteiger partial charge in [-0.05, 0) is 41.5 Å². The van der Waals surface area contributed by atoms with Crippen LogP contribution in [0.15, 0.2) is 35.2 Å². The van der Waals surface area contributed by atoms with Crippen molar-refractivity contribution < 1.29 is 0 Å². The Labute approximate surface area is 116 Å². The topological polar surface area (TPSA) is 42.7 Å². The molecule has 5 heteroatoms. The van der Waals surface area contributed by atoms with Crippen LogP contribution in [0.25, 0.3) is 0 Å². The van der Waals surface area contributed by atoms with Gasteiger partial charge in [-0.25, -0.2) is 4.98 Å². The number of pyridine rings is 1. The first-order valence-corrected chi connectivity index (χ1v) is 6.86. The SMILES string of the molecule is CCCn1ccnc1C(NC)c1ncccc1Br. The monoisotopic (exact) mass is 308 g/mol. The fraction of sp³-hybridized carbons (Fsp3) is 0.385. The van der Waals surface area contributed by atoms with Gasteiger partial charge in [-0.1, -0.05) is 6.92 Å². The summed E-state index contributed by atoms with van der Waals surface area (Å²) in [5.74, 6) is 0.999. The zero-order valence-electron chi connectivity index (χ0n) is 10.6. The average molecular weight is 309 g/mol. The summed E-state index contributed by atoms with van der Waals surface area (Å²) >= 11 is 3.55. The van der Waals surface area contributed by atoms with Gasteiger partial charge in [0.25, 0.3) is 0 Å².